The Labute approximate surface area is 117 Å². The quantitative estimate of drug-likeness (QED) is 0.595. The van der Waals surface area contributed by atoms with Crippen molar-refractivity contribution in [2.24, 2.45) is 5.14 Å². The highest BCUT2D eigenvalue weighted by molar-refractivity contribution is 7.89. The fraction of sp³-hybridized carbons (Fsp3) is 0.182. The third kappa shape index (κ3) is 3.01. The van der Waals surface area contributed by atoms with Crippen LogP contribution in [-0.4, -0.2) is 34.8 Å². The van der Waals surface area contributed by atoms with Gasteiger partial charge in [0.2, 0.25) is 10.0 Å². The molecule has 0 aliphatic heterocycles. The Morgan fingerprint density at radius 3 is 2.57 bits per heavy atom. The number of benzene rings is 1. The van der Waals surface area contributed by atoms with Gasteiger partial charge in [-0.15, -0.1) is 0 Å². The first kappa shape index (κ1) is 14.9. The second-order valence-corrected chi connectivity index (χ2v) is 6.02. The van der Waals surface area contributed by atoms with Crippen molar-refractivity contribution >= 4 is 27.0 Å². The Bertz CT molecular complexity index is 941. The van der Waals surface area contributed by atoms with E-state index >= 15 is 0 Å². The summed E-state index contributed by atoms with van der Waals surface area (Å²) in [5, 5.41) is 13.9. The lowest BCUT2D eigenvalue weighted by atomic mass is 10.1. The smallest absolute Gasteiger partial charge is 0.337 e. The minimum absolute atomic E-state index is 0.0518. The summed E-state index contributed by atoms with van der Waals surface area (Å²) in [7, 11) is -3.84. The monoisotopic (exact) mass is 313 g/mol. The van der Waals surface area contributed by atoms with Crippen LogP contribution in [0.25, 0.3) is 11.0 Å². The Morgan fingerprint density at radius 2 is 2.00 bits per heavy atom. The zero-order valence-corrected chi connectivity index (χ0v) is 11.4. The number of carboxylic acids is 1. The number of fused-ring (bicyclic) bond motifs is 1. The summed E-state index contributed by atoms with van der Waals surface area (Å²) in [6.07, 6.45) is 0. The van der Waals surface area contributed by atoms with Gasteiger partial charge in [0.05, 0.1) is 22.3 Å². The number of aromatic nitrogens is 2. The molecule has 0 aliphatic carbocycles. The highest BCUT2D eigenvalue weighted by Crippen LogP contribution is 2.14. The number of aromatic carboxylic acids is 1. The van der Waals surface area contributed by atoms with E-state index in [1.165, 1.54) is 18.2 Å². The molecule has 21 heavy (non-hydrogen) atoms. The molecule has 2 rings (SSSR count). The zero-order valence-electron chi connectivity index (χ0n) is 10.6. The molecule has 0 saturated heterocycles. The average Bonchev–Trinajstić information content (AvgIpc) is 2.37. The van der Waals surface area contributed by atoms with Crippen LogP contribution in [0.2, 0.25) is 0 Å². The number of carboxylic acid groups (broad SMARTS) is 1. The predicted octanol–water partition coefficient (Wildman–Crippen LogP) is -1.32. The van der Waals surface area contributed by atoms with Gasteiger partial charge in [-0.25, -0.2) is 18.4 Å². The van der Waals surface area contributed by atoms with E-state index in [0.29, 0.717) is 0 Å². The van der Waals surface area contributed by atoms with E-state index in [1.54, 1.807) is 0 Å². The van der Waals surface area contributed by atoms with E-state index in [4.69, 9.17) is 10.2 Å². The number of carbonyl (C=O) groups is 1. The van der Waals surface area contributed by atoms with Crippen LogP contribution in [0.1, 0.15) is 10.4 Å². The van der Waals surface area contributed by atoms with Crippen LogP contribution in [0.5, 0.6) is 0 Å². The molecular weight excluding hydrogens is 302 g/mol. The largest absolute Gasteiger partial charge is 0.478 e. The highest BCUT2D eigenvalue weighted by atomic mass is 32.2. The van der Waals surface area contributed by atoms with Crippen LogP contribution in [0.15, 0.2) is 27.8 Å². The van der Waals surface area contributed by atoms with Crippen LogP contribution in [0.3, 0.4) is 0 Å². The first-order valence-electron chi connectivity index (χ1n) is 5.70. The van der Waals surface area contributed by atoms with E-state index in [9.17, 15) is 22.8 Å². The van der Waals surface area contributed by atoms with E-state index in [-0.39, 0.29) is 23.1 Å². The maximum atomic E-state index is 11.8. The van der Waals surface area contributed by atoms with Gasteiger partial charge in [0.15, 0.2) is 0 Å². The molecule has 0 amide bonds. The molecule has 0 saturated carbocycles. The number of aryl methyl sites for hydroxylation is 1. The number of primary sulfonamides is 1. The fourth-order valence-electron chi connectivity index (χ4n) is 1.91. The molecule has 10 heteroatoms. The topological polar surface area (TPSA) is 152 Å². The number of sulfonamides is 1. The maximum absolute atomic E-state index is 11.8. The maximum Gasteiger partial charge on any atom is 0.337 e. The zero-order chi connectivity index (χ0) is 15.8. The highest BCUT2D eigenvalue weighted by Gasteiger charge is 2.15. The number of aromatic amines is 1. The molecule has 4 N–H and O–H groups in total. The molecule has 0 spiro atoms. The Balaban J connectivity index is 2.77. The molecule has 1 aromatic heterocycles. The Kier molecular flexibility index (Phi) is 3.66. The van der Waals surface area contributed by atoms with E-state index in [1.807, 2.05) is 0 Å². The predicted molar refractivity (Wildman–Crippen MR) is 73.8 cm³/mol. The van der Waals surface area contributed by atoms with Crippen LogP contribution in [0, 0.1) is 0 Å². The second-order valence-electron chi connectivity index (χ2n) is 4.28. The standard InChI is InChI=1S/C11H11N3O6S/c12-21(19,20)5-4-14-7-3-1-2-6(11(17)18)8(7)13-9(15)10(14)16/h1-3H,4-5H2,(H,13,15)(H,17,18)(H2,12,19,20). The van der Waals surface area contributed by atoms with Crippen LogP contribution >= 0.6 is 0 Å². The molecule has 0 radical (unpaired) electrons. The number of para-hydroxylation sites is 1. The van der Waals surface area contributed by atoms with Gasteiger partial charge in [-0.05, 0) is 12.1 Å². The van der Waals surface area contributed by atoms with E-state index < -0.39 is 32.9 Å². The van der Waals surface area contributed by atoms with Crippen molar-refractivity contribution < 1.29 is 18.3 Å². The van der Waals surface area contributed by atoms with Gasteiger partial charge in [-0.2, -0.15) is 0 Å². The lowest BCUT2D eigenvalue weighted by Crippen LogP contribution is -2.38. The van der Waals surface area contributed by atoms with Gasteiger partial charge in [0, 0.05) is 6.54 Å². The molecule has 0 aliphatic rings. The van der Waals surface area contributed by atoms with E-state index in [2.05, 4.69) is 4.98 Å². The molecule has 0 bridgehead atoms. The van der Waals surface area contributed by atoms with Crippen molar-refractivity contribution in [3.8, 4) is 0 Å². The number of nitrogens with zero attached hydrogens (tertiary/aromatic N) is 1. The molecule has 9 nitrogen and oxygen atoms in total. The molecular formula is C11H11N3O6S. The van der Waals surface area contributed by atoms with Gasteiger partial charge in [-0.1, -0.05) is 6.07 Å². The van der Waals surface area contributed by atoms with Gasteiger partial charge in [0.25, 0.3) is 0 Å². The molecule has 2 aromatic rings. The second kappa shape index (κ2) is 5.14. The lowest BCUT2D eigenvalue weighted by molar-refractivity contribution is 0.0698. The molecule has 1 aromatic carbocycles. The van der Waals surface area contributed by atoms with Crippen molar-refractivity contribution in [2.75, 3.05) is 5.75 Å². The minimum Gasteiger partial charge on any atom is -0.478 e. The van der Waals surface area contributed by atoms with Crippen molar-refractivity contribution in [1.82, 2.24) is 9.55 Å². The summed E-state index contributed by atoms with van der Waals surface area (Å²) in [5.41, 5.74) is -2.15. The summed E-state index contributed by atoms with van der Waals surface area (Å²) in [4.78, 5) is 36.7. The Hall–Kier alpha value is -2.46. The van der Waals surface area contributed by atoms with Crippen molar-refractivity contribution in [2.45, 2.75) is 6.54 Å². The van der Waals surface area contributed by atoms with E-state index in [0.717, 1.165) is 4.57 Å². The average molecular weight is 313 g/mol. The summed E-state index contributed by atoms with van der Waals surface area (Å²) in [6, 6.07) is 4.05. The van der Waals surface area contributed by atoms with Gasteiger partial charge in [0.1, 0.15) is 0 Å². The van der Waals surface area contributed by atoms with Crippen molar-refractivity contribution in [3.63, 3.8) is 0 Å². The molecule has 0 atom stereocenters. The summed E-state index contributed by atoms with van der Waals surface area (Å²) >= 11 is 0. The number of nitrogens with two attached hydrogens (primary N) is 1. The first-order chi connectivity index (χ1) is 9.70. The van der Waals surface area contributed by atoms with Gasteiger partial charge < -0.3 is 14.7 Å². The number of hydrogen-bond donors (Lipinski definition) is 3. The minimum atomic E-state index is -3.84. The first-order valence-corrected chi connectivity index (χ1v) is 7.42. The fourth-order valence-corrected chi connectivity index (χ4v) is 2.35. The lowest BCUT2D eigenvalue weighted by Gasteiger charge is -2.10. The van der Waals surface area contributed by atoms with Crippen LogP contribution in [-0.2, 0) is 16.6 Å². The van der Waals surface area contributed by atoms with Gasteiger partial charge in [-0.3, -0.25) is 9.59 Å². The van der Waals surface area contributed by atoms with Crippen molar-refractivity contribution in [3.05, 3.63) is 44.5 Å². The SMILES string of the molecule is NS(=O)(=O)CCn1c(=O)c(=O)[nH]c2c(C(=O)O)cccc21. The normalized spacial score (nSPS) is 11.7. The van der Waals surface area contributed by atoms with Crippen molar-refractivity contribution in [1.29, 1.82) is 0 Å². The summed E-state index contributed by atoms with van der Waals surface area (Å²) in [6.45, 7) is -0.346. The number of hydrogen-bond acceptors (Lipinski definition) is 5. The van der Waals surface area contributed by atoms with Crippen LogP contribution in [0.4, 0.5) is 0 Å². The Morgan fingerprint density at radius 1 is 1.33 bits per heavy atom. The van der Waals surface area contributed by atoms with Crippen LogP contribution < -0.4 is 16.3 Å². The number of nitrogens with one attached hydrogen (secondary N) is 1. The summed E-state index contributed by atoms with van der Waals surface area (Å²) in [5.74, 6) is -1.84. The molecule has 0 unspecified atom stereocenters. The third-order valence-corrected chi connectivity index (χ3v) is 3.59. The molecule has 1 heterocycles. The number of rotatable bonds is 4. The third-order valence-electron chi connectivity index (χ3n) is 2.84. The summed E-state index contributed by atoms with van der Waals surface area (Å²) < 4.78 is 22.9. The number of H-pyrrole nitrogens is 1. The molecule has 112 valence electrons. The molecule has 0 fully saturated rings. The van der Waals surface area contributed by atoms with Gasteiger partial charge >= 0.3 is 17.1 Å².